The van der Waals surface area contributed by atoms with Crippen LogP contribution in [0.2, 0.25) is 0 Å². The molecule has 0 aliphatic carbocycles. The van der Waals surface area contributed by atoms with Gasteiger partial charge in [0.05, 0.1) is 0 Å². The van der Waals surface area contributed by atoms with Crippen LogP contribution in [-0.2, 0) is 11.4 Å². The summed E-state index contributed by atoms with van der Waals surface area (Å²) in [7, 11) is 0. The van der Waals surface area contributed by atoms with E-state index in [0.29, 0.717) is 6.61 Å². The number of amides is 1. The van der Waals surface area contributed by atoms with E-state index in [1.54, 1.807) is 17.8 Å². The van der Waals surface area contributed by atoms with Crippen molar-refractivity contribution in [3.8, 4) is 5.75 Å². The minimum atomic E-state index is 0.0169. The fourth-order valence-electron chi connectivity index (χ4n) is 3.30. The van der Waals surface area contributed by atoms with Crippen LogP contribution in [-0.4, -0.2) is 23.1 Å². The lowest BCUT2D eigenvalue weighted by atomic mass is 10.1. The van der Waals surface area contributed by atoms with Crippen molar-refractivity contribution in [2.75, 3.05) is 12.3 Å². The zero-order chi connectivity index (χ0) is 19.9. The molecule has 0 aromatic heterocycles. The van der Waals surface area contributed by atoms with Crippen LogP contribution < -0.4 is 4.74 Å². The molecule has 1 atom stereocenters. The van der Waals surface area contributed by atoms with Gasteiger partial charge in [0.2, 0.25) is 5.91 Å². The summed E-state index contributed by atoms with van der Waals surface area (Å²) >= 11 is 1.79. The molecular formula is C25H23NO2S. The zero-order valence-electron chi connectivity index (χ0n) is 16.1. The smallest absolute Gasteiger partial charge is 0.247 e. The summed E-state index contributed by atoms with van der Waals surface area (Å²) in [6.07, 6.45) is 3.55. The van der Waals surface area contributed by atoms with Gasteiger partial charge < -0.3 is 9.64 Å². The molecule has 4 heteroatoms. The third-order valence-electron chi connectivity index (χ3n) is 4.78. The maximum atomic E-state index is 12.8. The molecule has 3 aromatic carbocycles. The molecule has 0 radical (unpaired) electrons. The molecule has 4 rings (SSSR count). The second-order valence-electron chi connectivity index (χ2n) is 6.85. The number of nitrogens with zero attached hydrogens (tertiary/aromatic N) is 1. The SMILES string of the molecule is O=C(/C=C/c1ccccc1)N1CCS[C@H]1c1cccc(OCc2ccccc2)c1. The number of rotatable bonds is 6. The van der Waals surface area contributed by atoms with E-state index in [-0.39, 0.29) is 11.3 Å². The molecule has 146 valence electrons. The van der Waals surface area contributed by atoms with Crippen molar-refractivity contribution in [2.45, 2.75) is 12.0 Å². The number of hydrogen-bond donors (Lipinski definition) is 0. The number of carbonyl (C=O) groups excluding carboxylic acids is 1. The van der Waals surface area contributed by atoms with Crippen LogP contribution in [0.3, 0.4) is 0 Å². The minimum Gasteiger partial charge on any atom is -0.489 e. The highest BCUT2D eigenvalue weighted by molar-refractivity contribution is 7.99. The van der Waals surface area contributed by atoms with Crippen LogP contribution in [0.15, 0.2) is 91.0 Å². The Hall–Kier alpha value is -2.98. The molecule has 1 aliphatic heterocycles. The van der Waals surface area contributed by atoms with Gasteiger partial charge in [-0.1, -0.05) is 72.8 Å². The Bertz CT molecular complexity index is 972. The van der Waals surface area contributed by atoms with Crippen molar-refractivity contribution in [3.05, 3.63) is 108 Å². The van der Waals surface area contributed by atoms with E-state index in [0.717, 1.165) is 34.7 Å². The van der Waals surface area contributed by atoms with E-state index < -0.39 is 0 Å². The van der Waals surface area contributed by atoms with Gasteiger partial charge in [0, 0.05) is 18.4 Å². The Balaban J connectivity index is 1.44. The first-order chi connectivity index (χ1) is 14.3. The molecule has 1 heterocycles. The van der Waals surface area contributed by atoms with Crippen LogP contribution in [0, 0.1) is 0 Å². The predicted octanol–water partition coefficient (Wildman–Crippen LogP) is 5.55. The van der Waals surface area contributed by atoms with Gasteiger partial charge in [-0.2, -0.15) is 0 Å². The van der Waals surface area contributed by atoms with E-state index in [4.69, 9.17) is 4.74 Å². The Kier molecular flexibility index (Phi) is 6.32. The van der Waals surface area contributed by atoms with Gasteiger partial charge in [-0.25, -0.2) is 0 Å². The second-order valence-corrected chi connectivity index (χ2v) is 8.03. The van der Waals surface area contributed by atoms with Crippen molar-refractivity contribution in [2.24, 2.45) is 0 Å². The van der Waals surface area contributed by atoms with Crippen LogP contribution in [0.1, 0.15) is 22.1 Å². The normalized spacial score (nSPS) is 16.3. The highest BCUT2D eigenvalue weighted by Crippen LogP contribution is 2.39. The van der Waals surface area contributed by atoms with E-state index in [1.807, 2.05) is 77.7 Å². The molecule has 0 spiro atoms. The lowest BCUT2D eigenvalue weighted by Gasteiger charge is -2.23. The van der Waals surface area contributed by atoms with Gasteiger partial charge in [0.15, 0.2) is 0 Å². The van der Waals surface area contributed by atoms with Gasteiger partial charge >= 0.3 is 0 Å². The number of ether oxygens (including phenoxy) is 1. The average molecular weight is 402 g/mol. The number of thioether (sulfide) groups is 1. The summed E-state index contributed by atoms with van der Waals surface area (Å²) in [5.41, 5.74) is 3.26. The fraction of sp³-hybridized carbons (Fsp3) is 0.160. The molecule has 1 fully saturated rings. The number of carbonyl (C=O) groups is 1. The van der Waals surface area contributed by atoms with Crippen molar-refractivity contribution in [1.29, 1.82) is 0 Å². The summed E-state index contributed by atoms with van der Waals surface area (Å²) in [6, 6.07) is 28.1. The summed E-state index contributed by atoms with van der Waals surface area (Å²) in [4.78, 5) is 14.7. The zero-order valence-corrected chi connectivity index (χ0v) is 16.9. The van der Waals surface area contributed by atoms with Gasteiger partial charge in [-0.05, 0) is 34.9 Å². The van der Waals surface area contributed by atoms with E-state index in [9.17, 15) is 4.79 Å². The van der Waals surface area contributed by atoms with Crippen molar-refractivity contribution >= 4 is 23.7 Å². The quantitative estimate of drug-likeness (QED) is 0.507. The van der Waals surface area contributed by atoms with Crippen molar-refractivity contribution in [1.82, 2.24) is 4.90 Å². The van der Waals surface area contributed by atoms with Crippen LogP contribution in [0.5, 0.6) is 5.75 Å². The van der Waals surface area contributed by atoms with Gasteiger partial charge in [0.1, 0.15) is 17.7 Å². The Morgan fingerprint density at radius 2 is 1.76 bits per heavy atom. The van der Waals surface area contributed by atoms with E-state index >= 15 is 0 Å². The third-order valence-corrected chi connectivity index (χ3v) is 6.04. The molecule has 0 N–H and O–H groups in total. The molecule has 0 saturated carbocycles. The van der Waals surface area contributed by atoms with E-state index in [1.165, 1.54) is 0 Å². The highest BCUT2D eigenvalue weighted by atomic mass is 32.2. The monoisotopic (exact) mass is 401 g/mol. The first-order valence-electron chi connectivity index (χ1n) is 9.71. The molecule has 1 saturated heterocycles. The molecule has 3 aromatic rings. The maximum Gasteiger partial charge on any atom is 0.247 e. The first-order valence-corrected chi connectivity index (χ1v) is 10.8. The summed E-state index contributed by atoms with van der Waals surface area (Å²) in [5.74, 6) is 1.80. The minimum absolute atomic E-state index is 0.0169. The Morgan fingerprint density at radius 1 is 1.00 bits per heavy atom. The molecule has 0 unspecified atom stereocenters. The first kappa shape index (κ1) is 19.3. The standard InChI is InChI=1S/C25H23NO2S/c27-24(15-14-20-8-3-1-4-9-20)26-16-17-29-25(26)22-12-7-13-23(18-22)28-19-21-10-5-2-6-11-21/h1-15,18,25H,16-17,19H2/b15-14+/t25-/m0/s1. The number of hydrogen-bond acceptors (Lipinski definition) is 3. The average Bonchev–Trinajstić information content (AvgIpc) is 3.28. The highest BCUT2D eigenvalue weighted by Gasteiger charge is 2.29. The maximum absolute atomic E-state index is 12.8. The summed E-state index contributed by atoms with van der Waals surface area (Å²) in [6.45, 7) is 1.28. The number of benzene rings is 3. The van der Waals surface area contributed by atoms with Crippen LogP contribution >= 0.6 is 11.8 Å². The molecule has 3 nitrogen and oxygen atoms in total. The molecule has 0 bridgehead atoms. The van der Waals surface area contributed by atoms with Crippen LogP contribution in [0.4, 0.5) is 0 Å². The second kappa shape index (κ2) is 9.48. The largest absolute Gasteiger partial charge is 0.489 e. The molecule has 1 amide bonds. The Morgan fingerprint density at radius 3 is 2.55 bits per heavy atom. The molecular weight excluding hydrogens is 378 g/mol. The molecule has 29 heavy (non-hydrogen) atoms. The van der Waals surface area contributed by atoms with Gasteiger partial charge in [-0.15, -0.1) is 11.8 Å². The lowest BCUT2D eigenvalue weighted by molar-refractivity contribution is -0.126. The lowest BCUT2D eigenvalue weighted by Crippen LogP contribution is -2.28. The predicted molar refractivity (Wildman–Crippen MR) is 120 cm³/mol. The van der Waals surface area contributed by atoms with Crippen LogP contribution in [0.25, 0.3) is 6.08 Å². The van der Waals surface area contributed by atoms with Crippen molar-refractivity contribution in [3.63, 3.8) is 0 Å². The van der Waals surface area contributed by atoms with Gasteiger partial charge in [-0.3, -0.25) is 4.79 Å². The summed E-state index contributed by atoms with van der Waals surface area (Å²) in [5, 5.41) is 0.0169. The third kappa shape index (κ3) is 5.09. The van der Waals surface area contributed by atoms with Crippen molar-refractivity contribution < 1.29 is 9.53 Å². The molecule has 1 aliphatic rings. The van der Waals surface area contributed by atoms with E-state index in [2.05, 4.69) is 18.2 Å². The van der Waals surface area contributed by atoms with Gasteiger partial charge in [0.25, 0.3) is 0 Å². The topological polar surface area (TPSA) is 29.5 Å². The fourth-order valence-corrected chi connectivity index (χ4v) is 4.55. The Labute approximate surface area is 176 Å². The summed E-state index contributed by atoms with van der Waals surface area (Å²) < 4.78 is 5.97.